The van der Waals surface area contributed by atoms with Crippen LogP contribution >= 0.6 is 0 Å². The van der Waals surface area contributed by atoms with Crippen molar-refractivity contribution < 1.29 is 9.32 Å². The Balaban J connectivity index is 1.33. The molecule has 0 radical (unpaired) electrons. The number of nitrogens with zero attached hydrogens (tertiary/aromatic N) is 5. The van der Waals surface area contributed by atoms with Gasteiger partial charge < -0.3 is 9.42 Å². The topological polar surface area (TPSA) is 77.1 Å². The maximum Gasteiger partial charge on any atom is 0.278 e. The second-order valence-corrected chi connectivity index (χ2v) is 8.85. The van der Waals surface area contributed by atoms with Crippen molar-refractivity contribution in [1.82, 2.24) is 24.8 Å². The van der Waals surface area contributed by atoms with E-state index >= 15 is 0 Å². The summed E-state index contributed by atoms with van der Waals surface area (Å²) >= 11 is 0. The number of rotatable bonds is 5. The zero-order valence-corrected chi connectivity index (χ0v) is 18.1. The summed E-state index contributed by atoms with van der Waals surface area (Å²) in [6, 6.07) is 10.1. The molecule has 0 spiro atoms. The summed E-state index contributed by atoms with van der Waals surface area (Å²) in [5, 5.41) is 8.84. The van der Waals surface area contributed by atoms with Crippen molar-refractivity contribution in [3.05, 3.63) is 53.0 Å². The van der Waals surface area contributed by atoms with Gasteiger partial charge >= 0.3 is 0 Å². The summed E-state index contributed by atoms with van der Waals surface area (Å²) in [5.74, 6) is 1.89. The lowest BCUT2D eigenvalue weighted by atomic mass is 9.86. The van der Waals surface area contributed by atoms with Gasteiger partial charge in [0.15, 0.2) is 11.5 Å². The fraction of sp³-hybridized carbons (Fsp3) is 0.500. The van der Waals surface area contributed by atoms with Gasteiger partial charge in [-0.2, -0.15) is 10.1 Å². The molecule has 1 aliphatic carbocycles. The first-order valence-corrected chi connectivity index (χ1v) is 11.4. The van der Waals surface area contributed by atoms with E-state index in [2.05, 4.69) is 27.4 Å². The Kier molecular flexibility index (Phi) is 5.57. The summed E-state index contributed by atoms with van der Waals surface area (Å²) in [4.78, 5) is 19.6. The quantitative estimate of drug-likeness (QED) is 0.626. The highest BCUT2D eigenvalue weighted by Gasteiger charge is 2.30. The molecule has 2 aliphatic rings. The van der Waals surface area contributed by atoms with Crippen molar-refractivity contribution in [2.24, 2.45) is 13.0 Å². The number of hydrogen-bond donors (Lipinski definition) is 0. The van der Waals surface area contributed by atoms with E-state index in [4.69, 9.17) is 4.52 Å². The van der Waals surface area contributed by atoms with Crippen LogP contribution in [-0.2, 0) is 31.2 Å². The van der Waals surface area contributed by atoms with Gasteiger partial charge in [-0.3, -0.25) is 9.48 Å². The number of carbonyl (C=O) groups is 1. The fourth-order valence-electron chi connectivity index (χ4n) is 4.94. The van der Waals surface area contributed by atoms with Crippen molar-refractivity contribution in [1.29, 1.82) is 0 Å². The second kappa shape index (κ2) is 8.65. The van der Waals surface area contributed by atoms with Crippen LogP contribution in [0.2, 0.25) is 0 Å². The Bertz CT molecular complexity index is 1050. The molecule has 7 heteroatoms. The van der Waals surface area contributed by atoms with Crippen molar-refractivity contribution >= 4 is 5.91 Å². The zero-order chi connectivity index (χ0) is 21.2. The number of hydrogen-bond acceptors (Lipinski definition) is 5. The van der Waals surface area contributed by atoms with Gasteiger partial charge in [-0.1, -0.05) is 54.8 Å². The average molecular weight is 420 g/mol. The SMILES string of the molecule is Cn1nc(-c2nc(Cc3ccccc3)no2)c2c1CCN(C(=O)CC1CCCCC1)C2. The van der Waals surface area contributed by atoms with E-state index in [0.29, 0.717) is 42.7 Å². The molecule has 0 saturated heterocycles. The van der Waals surface area contributed by atoms with Gasteiger partial charge in [-0.15, -0.1) is 0 Å². The summed E-state index contributed by atoms with van der Waals surface area (Å²) in [6.45, 7) is 1.32. The molecule has 31 heavy (non-hydrogen) atoms. The summed E-state index contributed by atoms with van der Waals surface area (Å²) < 4.78 is 7.48. The van der Waals surface area contributed by atoms with Crippen molar-refractivity contribution in [2.75, 3.05) is 6.54 Å². The van der Waals surface area contributed by atoms with Crippen LogP contribution in [0.5, 0.6) is 0 Å². The van der Waals surface area contributed by atoms with Gasteiger partial charge in [0.05, 0.1) is 0 Å². The Morgan fingerprint density at radius 2 is 1.97 bits per heavy atom. The number of benzene rings is 1. The predicted molar refractivity (Wildman–Crippen MR) is 116 cm³/mol. The third-order valence-electron chi connectivity index (χ3n) is 6.66. The molecule has 3 aromatic rings. The van der Waals surface area contributed by atoms with Crippen molar-refractivity contribution in [3.63, 3.8) is 0 Å². The molecule has 1 aromatic carbocycles. The molecule has 0 N–H and O–H groups in total. The molecular weight excluding hydrogens is 390 g/mol. The largest absolute Gasteiger partial charge is 0.338 e. The minimum Gasteiger partial charge on any atom is -0.338 e. The first-order valence-electron chi connectivity index (χ1n) is 11.4. The molecule has 3 heterocycles. The number of aromatic nitrogens is 4. The molecule has 5 rings (SSSR count). The van der Waals surface area contributed by atoms with Crippen LogP contribution in [0.15, 0.2) is 34.9 Å². The highest BCUT2D eigenvalue weighted by Crippen LogP contribution is 2.31. The standard InChI is InChI=1S/C24H29N5O2/c1-28-20-12-13-29(22(30)15-18-10-6-3-7-11-18)16-19(20)23(26-28)24-25-21(27-31-24)14-17-8-4-2-5-9-17/h2,4-5,8-9,18H,3,6-7,10-16H2,1H3. The van der Waals surface area contributed by atoms with Crippen molar-refractivity contribution in [3.8, 4) is 11.6 Å². The molecule has 1 fully saturated rings. The first kappa shape index (κ1) is 20.0. The van der Waals surface area contributed by atoms with Crippen LogP contribution in [0.1, 0.15) is 61.2 Å². The lowest BCUT2D eigenvalue weighted by Crippen LogP contribution is -2.37. The van der Waals surface area contributed by atoms with Gasteiger partial charge in [0.25, 0.3) is 5.89 Å². The van der Waals surface area contributed by atoms with E-state index in [-0.39, 0.29) is 5.91 Å². The molecule has 0 bridgehead atoms. The van der Waals surface area contributed by atoms with Crippen LogP contribution in [0.25, 0.3) is 11.6 Å². The van der Waals surface area contributed by atoms with Gasteiger partial charge in [0.2, 0.25) is 5.91 Å². The molecule has 0 unspecified atom stereocenters. The minimum absolute atomic E-state index is 0.266. The molecule has 0 atom stereocenters. The Hall–Kier alpha value is -2.96. The normalized spacial score (nSPS) is 17.0. The van der Waals surface area contributed by atoms with E-state index in [1.165, 1.54) is 32.1 Å². The predicted octanol–water partition coefficient (Wildman–Crippen LogP) is 3.92. The zero-order valence-electron chi connectivity index (χ0n) is 18.1. The van der Waals surface area contributed by atoms with E-state index in [0.717, 1.165) is 29.8 Å². The number of amides is 1. The lowest BCUT2D eigenvalue weighted by molar-refractivity contribution is -0.133. The van der Waals surface area contributed by atoms with Gasteiger partial charge in [-0.05, 0) is 24.3 Å². The van der Waals surface area contributed by atoms with Gasteiger partial charge in [-0.25, -0.2) is 0 Å². The van der Waals surface area contributed by atoms with Crippen molar-refractivity contribution in [2.45, 2.75) is 57.9 Å². The van der Waals surface area contributed by atoms with E-state index in [1.807, 2.05) is 34.8 Å². The summed E-state index contributed by atoms with van der Waals surface area (Å²) in [7, 11) is 1.95. The monoisotopic (exact) mass is 419 g/mol. The average Bonchev–Trinajstić information content (AvgIpc) is 3.39. The number of fused-ring (bicyclic) bond motifs is 1. The third kappa shape index (κ3) is 4.27. The van der Waals surface area contributed by atoms with Gasteiger partial charge in [0.1, 0.15) is 0 Å². The highest BCUT2D eigenvalue weighted by atomic mass is 16.5. The van der Waals surface area contributed by atoms with Crippen LogP contribution < -0.4 is 0 Å². The molecule has 162 valence electrons. The molecular formula is C24H29N5O2. The Morgan fingerprint density at radius 1 is 1.16 bits per heavy atom. The van der Waals surface area contributed by atoms with Crippen LogP contribution in [-0.4, -0.2) is 37.3 Å². The smallest absolute Gasteiger partial charge is 0.278 e. The van der Waals surface area contributed by atoms with E-state index < -0.39 is 0 Å². The third-order valence-corrected chi connectivity index (χ3v) is 6.66. The lowest BCUT2D eigenvalue weighted by Gasteiger charge is -2.30. The number of aryl methyl sites for hydroxylation is 1. The van der Waals surface area contributed by atoms with Crippen LogP contribution in [0.3, 0.4) is 0 Å². The first-order chi connectivity index (χ1) is 15.2. The fourth-order valence-corrected chi connectivity index (χ4v) is 4.94. The Morgan fingerprint density at radius 3 is 2.77 bits per heavy atom. The second-order valence-electron chi connectivity index (χ2n) is 8.85. The highest BCUT2D eigenvalue weighted by molar-refractivity contribution is 5.77. The molecule has 2 aromatic heterocycles. The molecule has 7 nitrogen and oxygen atoms in total. The van der Waals surface area contributed by atoms with E-state index in [1.54, 1.807) is 0 Å². The molecule has 1 amide bonds. The summed E-state index contributed by atoms with van der Waals surface area (Å²) in [6.07, 6.45) is 8.31. The van der Waals surface area contributed by atoms with Crippen LogP contribution in [0, 0.1) is 5.92 Å². The van der Waals surface area contributed by atoms with E-state index in [9.17, 15) is 4.79 Å². The van der Waals surface area contributed by atoms with Crippen LogP contribution in [0.4, 0.5) is 0 Å². The molecule has 1 aliphatic heterocycles. The van der Waals surface area contributed by atoms with Gasteiger partial charge in [0, 0.05) is 50.7 Å². The maximum atomic E-state index is 13.0. The summed E-state index contributed by atoms with van der Waals surface area (Å²) in [5.41, 5.74) is 4.04. The Labute approximate surface area is 182 Å². The number of carbonyl (C=O) groups excluding carboxylic acids is 1. The minimum atomic E-state index is 0.266. The maximum absolute atomic E-state index is 13.0. The molecule has 1 saturated carbocycles.